The van der Waals surface area contributed by atoms with E-state index in [-0.39, 0.29) is 10.8 Å². The van der Waals surface area contributed by atoms with E-state index in [1.165, 1.54) is 19.3 Å². The second kappa shape index (κ2) is 3.86. The van der Waals surface area contributed by atoms with E-state index in [2.05, 4.69) is 53.7 Å². The quantitative estimate of drug-likeness (QED) is 0.602. The van der Waals surface area contributed by atoms with Gasteiger partial charge in [-0.3, -0.25) is 0 Å². The summed E-state index contributed by atoms with van der Waals surface area (Å²) in [7, 11) is 0. The molecule has 0 saturated heterocycles. The Labute approximate surface area is 106 Å². The molecule has 0 unspecified atom stereocenters. The molecule has 0 aliphatic heterocycles. The average molecular weight is 230 g/mol. The third-order valence-corrected chi connectivity index (χ3v) is 3.84. The second-order valence-corrected chi connectivity index (χ2v) is 7.48. The molecule has 1 aliphatic carbocycles. The summed E-state index contributed by atoms with van der Waals surface area (Å²) in [6, 6.07) is 4.75. The Kier molecular flexibility index (Phi) is 2.88. The first-order valence-electron chi connectivity index (χ1n) is 6.87. The third-order valence-electron chi connectivity index (χ3n) is 3.84. The Morgan fingerprint density at radius 3 is 2.00 bits per heavy atom. The summed E-state index contributed by atoms with van der Waals surface area (Å²) in [6.45, 7) is 14.1. The molecule has 1 aromatic rings. The van der Waals surface area contributed by atoms with Crippen LogP contribution in [0.4, 0.5) is 0 Å². The van der Waals surface area contributed by atoms with Gasteiger partial charge in [-0.1, -0.05) is 53.7 Å². The van der Waals surface area contributed by atoms with Gasteiger partial charge in [-0.25, -0.2) is 0 Å². The van der Waals surface area contributed by atoms with E-state index in [0.717, 1.165) is 0 Å². The largest absolute Gasteiger partial charge is 0.0585 e. The van der Waals surface area contributed by atoms with Crippen molar-refractivity contribution in [3.63, 3.8) is 0 Å². The second-order valence-electron chi connectivity index (χ2n) is 7.48. The Morgan fingerprint density at radius 2 is 1.47 bits per heavy atom. The van der Waals surface area contributed by atoms with Crippen LogP contribution in [0.2, 0.25) is 0 Å². The summed E-state index contributed by atoms with van der Waals surface area (Å²) in [6.07, 6.45) is 3.90. The van der Waals surface area contributed by atoms with Gasteiger partial charge in [0.15, 0.2) is 0 Å². The topological polar surface area (TPSA) is 0 Å². The molecule has 0 bridgehead atoms. The average Bonchev–Trinajstić information content (AvgIpc) is 2.59. The van der Waals surface area contributed by atoms with E-state index in [1.54, 1.807) is 22.3 Å². The molecule has 0 nitrogen and oxygen atoms in total. The van der Waals surface area contributed by atoms with Crippen LogP contribution in [0, 0.1) is 0 Å². The monoisotopic (exact) mass is 230 g/mol. The first-order chi connectivity index (χ1) is 7.71. The summed E-state index contributed by atoms with van der Waals surface area (Å²) >= 11 is 0. The summed E-state index contributed by atoms with van der Waals surface area (Å²) in [4.78, 5) is 0. The van der Waals surface area contributed by atoms with Crippen LogP contribution >= 0.6 is 0 Å². The van der Waals surface area contributed by atoms with E-state index in [1.807, 2.05) is 0 Å². The number of rotatable bonds is 0. The molecule has 0 heterocycles. The van der Waals surface area contributed by atoms with Gasteiger partial charge in [-0.15, -0.1) is 0 Å². The molecule has 0 aromatic heterocycles. The molecule has 0 amide bonds. The highest BCUT2D eigenvalue weighted by molar-refractivity contribution is 5.49. The lowest BCUT2D eigenvalue weighted by molar-refractivity contribution is 0.525. The summed E-state index contributed by atoms with van der Waals surface area (Å²) in [5, 5.41) is 0. The molecule has 0 radical (unpaired) electrons. The molecule has 0 spiro atoms. The number of hydrogen-bond acceptors (Lipinski definition) is 0. The van der Waals surface area contributed by atoms with Crippen LogP contribution in [0.15, 0.2) is 12.1 Å². The molecule has 1 aromatic carbocycles. The Hall–Kier alpha value is -0.780. The number of benzene rings is 1. The lowest BCUT2D eigenvalue weighted by Crippen LogP contribution is -2.24. The van der Waals surface area contributed by atoms with E-state index >= 15 is 0 Å². The predicted molar refractivity (Wildman–Crippen MR) is 75.9 cm³/mol. The van der Waals surface area contributed by atoms with Crippen molar-refractivity contribution in [1.82, 2.24) is 0 Å². The fourth-order valence-corrected chi connectivity index (χ4v) is 3.15. The first-order valence-corrected chi connectivity index (χ1v) is 6.87. The minimum atomic E-state index is 0.250. The SMILES string of the molecule is CC(C)(C)c1ccc2c(c1C(C)(C)C)CCC2. The maximum absolute atomic E-state index is 2.38. The molecule has 17 heavy (non-hydrogen) atoms. The number of fused-ring (bicyclic) bond motifs is 1. The maximum atomic E-state index is 2.38. The molecular formula is C17H26. The van der Waals surface area contributed by atoms with Gasteiger partial charge in [0.1, 0.15) is 0 Å². The van der Waals surface area contributed by atoms with Crippen molar-refractivity contribution < 1.29 is 0 Å². The van der Waals surface area contributed by atoms with Gasteiger partial charge in [-0.05, 0) is 52.3 Å². The van der Waals surface area contributed by atoms with Crippen LogP contribution in [-0.4, -0.2) is 0 Å². The van der Waals surface area contributed by atoms with Crippen LogP contribution in [0.25, 0.3) is 0 Å². The summed E-state index contributed by atoms with van der Waals surface area (Å²) < 4.78 is 0. The minimum absolute atomic E-state index is 0.250. The molecule has 2 rings (SSSR count). The van der Waals surface area contributed by atoms with Gasteiger partial charge in [-0.2, -0.15) is 0 Å². The van der Waals surface area contributed by atoms with Crippen molar-refractivity contribution in [2.75, 3.05) is 0 Å². The lowest BCUT2D eigenvalue weighted by Gasteiger charge is -2.32. The highest BCUT2D eigenvalue weighted by Crippen LogP contribution is 2.40. The van der Waals surface area contributed by atoms with Gasteiger partial charge in [0.2, 0.25) is 0 Å². The summed E-state index contributed by atoms with van der Waals surface area (Å²) in [5.74, 6) is 0. The zero-order valence-corrected chi connectivity index (χ0v) is 12.3. The normalized spacial score (nSPS) is 16.1. The maximum Gasteiger partial charge on any atom is -0.0126 e. The predicted octanol–water partition coefficient (Wildman–Crippen LogP) is 4.77. The van der Waals surface area contributed by atoms with Gasteiger partial charge in [0, 0.05) is 0 Å². The van der Waals surface area contributed by atoms with Crippen molar-refractivity contribution in [2.45, 2.75) is 71.6 Å². The van der Waals surface area contributed by atoms with Crippen LogP contribution in [0.1, 0.15) is 70.2 Å². The number of aryl methyl sites for hydroxylation is 1. The molecular weight excluding hydrogens is 204 g/mol. The standard InChI is InChI=1S/C17H26/c1-16(2,3)14-11-10-12-8-7-9-13(12)15(14)17(4,5)6/h10-11H,7-9H2,1-6H3. The molecule has 0 saturated carbocycles. The van der Waals surface area contributed by atoms with E-state index in [4.69, 9.17) is 0 Å². The van der Waals surface area contributed by atoms with Crippen molar-refractivity contribution in [3.05, 3.63) is 34.4 Å². The minimum Gasteiger partial charge on any atom is -0.0585 e. The fourth-order valence-electron chi connectivity index (χ4n) is 3.15. The van der Waals surface area contributed by atoms with Crippen molar-refractivity contribution >= 4 is 0 Å². The first kappa shape index (κ1) is 12.7. The van der Waals surface area contributed by atoms with Gasteiger partial charge in [0.05, 0.1) is 0 Å². The highest BCUT2D eigenvalue weighted by Gasteiger charge is 2.30. The lowest BCUT2D eigenvalue weighted by atomic mass is 9.72. The highest BCUT2D eigenvalue weighted by atomic mass is 14.3. The van der Waals surface area contributed by atoms with Crippen LogP contribution in [-0.2, 0) is 23.7 Å². The van der Waals surface area contributed by atoms with E-state index in [9.17, 15) is 0 Å². The Bertz CT molecular complexity index is 425. The third kappa shape index (κ3) is 2.27. The molecule has 94 valence electrons. The molecule has 1 aliphatic rings. The van der Waals surface area contributed by atoms with Gasteiger partial charge < -0.3 is 0 Å². The fraction of sp³-hybridized carbons (Fsp3) is 0.647. The van der Waals surface area contributed by atoms with Crippen molar-refractivity contribution in [2.24, 2.45) is 0 Å². The number of hydrogen-bond donors (Lipinski definition) is 0. The van der Waals surface area contributed by atoms with Crippen LogP contribution in [0.5, 0.6) is 0 Å². The smallest absolute Gasteiger partial charge is 0.0126 e. The Morgan fingerprint density at radius 1 is 0.824 bits per heavy atom. The molecule has 0 heteroatoms. The van der Waals surface area contributed by atoms with Crippen molar-refractivity contribution in [1.29, 1.82) is 0 Å². The van der Waals surface area contributed by atoms with Gasteiger partial charge in [0.25, 0.3) is 0 Å². The Balaban J connectivity index is 2.70. The zero-order chi connectivity index (χ0) is 12.8. The molecule has 0 atom stereocenters. The van der Waals surface area contributed by atoms with Crippen molar-refractivity contribution in [3.8, 4) is 0 Å². The zero-order valence-electron chi connectivity index (χ0n) is 12.3. The van der Waals surface area contributed by atoms with Crippen LogP contribution < -0.4 is 0 Å². The summed E-state index contributed by atoms with van der Waals surface area (Å²) in [5.41, 5.74) is 6.94. The van der Waals surface area contributed by atoms with E-state index < -0.39 is 0 Å². The van der Waals surface area contributed by atoms with Crippen LogP contribution in [0.3, 0.4) is 0 Å². The van der Waals surface area contributed by atoms with E-state index in [0.29, 0.717) is 0 Å². The van der Waals surface area contributed by atoms with Gasteiger partial charge >= 0.3 is 0 Å². The molecule has 0 N–H and O–H groups in total. The molecule has 0 fully saturated rings.